The molecule has 0 saturated carbocycles. The summed E-state index contributed by atoms with van der Waals surface area (Å²) in [5.41, 5.74) is 0. The molecule has 0 rings (SSSR count). The van der Waals surface area contributed by atoms with Gasteiger partial charge in [0.1, 0.15) is 0 Å². The van der Waals surface area contributed by atoms with Crippen LogP contribution in [-0.2, 0) is 4.74 Å². The van der Waals surface area contributed by atoms with E-state index >= 15 is 0 Å². The molecule has 1 N–H and O–H groups in total. The topological polar surface area (TPSA) is 56.9 Å². The first kappa shape index (κ1) is 19.8. The van der Waals surface area contributed by atoms with Crippen LogP contribution in [0.2, 0.25) is 0 Å². The van der Waals surface area contributed by atoms with Crippen molar-refractivity contribution in [3.8, 4) is 6.07 Å². The van der Waals surface area contributed by atoms with Crippen LogP contribution in [0.5, 0.6) is 0 Å². The van der Waals surface area contributed by atoms with Crippen LogP contribution in [0.3, 0.4) is 0 Å². The van der Waals surface area contributed by atoms with Crippen LogP contribution < -0.4 is 0 Å². The third-order valence-corrected chi connectivity index (χ3v) is 1.65. The van der Waals surface area contributed by atoms with Crippen molar-refractivity contribution in [1.29, 1.82) is 10.7 Å². The molecule has 0 spiro atoms. The lowest BCUT2D eigenvalue weighted by Crippen LogP contribution is -1.97. The van der Waals surface area contributed by atoms with Crippen molar-refractivity contribution in [2.45, 2.75) is 52.4 Å². The highest BCUT2D eigenvalue weighted by Gasteiger charge is 1.90. The van der Waals surface area contributed by atoms with Crippen molar-refractivity contribution >= 4 is 18.3 Å². The van der Waals surface area contributed by atoms with E-state index in [1.807, 2.05) is 0 Å². The van der Waals surface area contributed by atoms with Crippen LogP contribution in [0.4, 0.5) is 0 Å². The Morgan fingerprint density at radius 3 is 2.07 bits per heavy atom. The van der Waals surface area contributed by atoms with Crippen LogP contribution >= 0.6 is 12.4 Å². The number of ether oxygens (including phenoxy) is 1. The number of halogens is 1. The second kappa shape index (κ2) is 18.9. The molecular weight excluding hydrogens is 212 g/mol. The number of unbranched alkanes of at least 4 members (excludes halogenated alkanes) is 3. The molecule has 0 atom stereocenters. The smallest absolute Gasteiger partial charge is 0.180 e. The lowest BCUT2D eigenvalue weighted by molar-refractivity contribution is 0.384. The monoisotopic (exact) mass is 234 g/mol. The van der Waals surface area contributed by atoms with Crippen molar-refractivity contribution in [2.75, 3.05) is 7.11 Å². The lowest BCUT2D eigenvalue weighted by atomic mass is 10.2. The molecular formula is C11H23ClN2O. The third-order valence-electron chi connectivity index (χ3n) is 1.65. The molecule has 0 heterocycles. The first-order valence-electron chi connectivity index (χ1n) is 5.21. The van der Waals surface area contributed by atoms with Crippen LogP contribution in [0.15, 0.2) is 0 Å². The van der Waals surface area contributed by atoms with Gasteiger partial charge in [0, 0.05) is 12.8 Å². The van der Waals surface area contributed by atoms with E-state index in [1.165, 1.54) is 7.11 Å². The van der Waals surface area contributed by atoms with E-state index in [1.54, 1.807) is 0 Å². The summed E-state index contributed by atoms with van der Waals surface area (Å²) >= 11 is 0. The Kier molecular flexibility index (Phi) is 24.9. The van der Waals surface area contributed by atoms with E-state index in [4.69, 9.17) is 10.7 Å². The Hall–Kier alpha value is -0.750. The summed E-state index contributed by atoms with van der Waals surface area (Å²) in [6, 6.07) is 2.07. The van der Waals surface area contributed by atoms with Gasteiger partial charge in [0.2, 0.25) is 0 Å². The number of nitrogens with zero attached hydrogens (tertiary/aromatic N) is 1. The summed E-state index contributed by atoms with van der Waals surface area (Å²) in [5, 5.41) is 15.0. The van der Waals surface area contributed by atoms with Gasteiger partial charge in [-0.3, -0.25) is 5.41 Å². The first-order chi connectivity index (χ1) is 6.72. The summed E-state index contributed by atoms with van der Waals surface area (Å²) in [6.07, 6.45) is 5.88. The highest BCUT2D eigenvalue weighted by Crippen LogP contribution is 1.94. The van der Waals surface area contributed by atoms with Crippen LogP contribution in [0.1, 0.15) is 52.4 Å². The molecule has 0 saturated heterocycles. The average Bonchev–Trinajstić information content (AvgIpc) is 2.23. The molecule has 0 aromatic heterocycles. The molecule has 3 nitrogen and oxygen atoms in total. The molecule has 0 aliphatic carbocycles. The van der Waals surface area contributed by atoms with E-state index in [-0.39, 0.29) is 12.4 Å². The van der Waals surface area contributed by atoms with Crippen molar-refractivity contribution in [3.63, 3.8) is 0 Å². The van der Waals surface area contributed by atoms with E-state index in [0.717, 1.165) is 38.5 Å². The average molecular weight is 235 g/mol. The molecule has 0 aliphatic heterocycles. The number of methoxy groups -OCH3 is 1. The Bertz CT molecular complexity index is 166. The van der Waals surface area contributed by atoms with Gasteiger partial charge < -0.3 is 4.74 Å². The summed E-state index contributed by atoms with van der Waals surface area (Å²) in [7, 11) is 1.54. The fourth-order valence-corrected chi connectivity index (χ4v) is 0.695. The summed E-state index contributed by atoms with van der Waals surface area (Å²) < 4.78 is 4.64. The van der Waals surface area contributed by atoms with Gasteiger partial charge in [0.25, 0.3) is 0 Å². The molecule has 0 bridgehead atoms. The van der Waals surface area contributed by atoms with Gasteiger partial charge in [0.05, 0.1) is 13.2 Å². The minimum absolute atomic E-state index is 0. The van der Waals surface area contributed by atoms with Gasteiger partial charge >= 0.3 is 0 Å². The minimum Gasteiger partial charge on any atom is -0.484 e. The number of nitrogens with one attached hydrogen (secondary N) is 1. The Balaban J connectivity index is -0.000000187. The molecule has 4 heteroatoms. The molecule has 90 valence electrons. The second-order valence-corrected chi connectivity index (χ2v) is 2.99. The van der Waals surface area contributed by atoms with Gasteiger partial charge in [-0.25, -0.2) is 0 Å². The molecule has 0 amide bonds. The Morgan fingerprint density at radius 2 is 1.80 bits per heavy atom. The number of nitriles is 1. The predicted octanol–water partition coefficient (Wildman–Crippen LogP) is 3.92. The number of rotatable bonds is 5. The minimum atomic E-state index is 0. The largest absolute Gasteiger partial charge is 0.484 e. The molecule has 0 aliphatic rings. The highest BCUT2D eigenvalue weighted by atomic mass is 35.5. The zero-order valence-corrected chi connectivity index (χ0v) is 10.8. The Morgan fingerprint density at radius 1 is 1.27 bits per heavy atom. The van der Waals surface area contributed by atoms with E-state index < -0.39 is 0 Å². The molecule has 0 radical (unpaired) electrons. The van der Waals surface area contributed by atoms with Crippen molar-refractivity contribution < 1.29 is 4.74 Å². The lowest BCUT2D eigenvalue weighted by Gasteiger charge is -1.97. The zero-order valence-electron chi connectivity index (χ0n) is 10.0. The highest BCUT2D eigenvalue weighted by molar-refractivity contribution is 5.85. The molecule has 0 aromatic carbocycles. The van der Waals surface area contributed by atoms with E-state index in [9.17, 15) is 0 Å². The summed E-state index contributed by atoms with van der Waals surface area (Å²) in [4.78, 5) is 0. The first-order valence-corrected chi connectivity index (χ1v) is 5.21. The zero-order chi connectivity index (χ0) is 11.2. The van der Waals surface area contributed by atoms with Crippen molar-refractivity contribution in [1.82, 2.24) is 0 Å². The number of hydrogen-bond donors (Lipinski definition) is 1. The van der Waals surface area contributed by atoms with Crippen LogP contribution in [0, 0.1) is 16.7 Å². The van der Waals surface area contributed by atoms with Gasteiger partial charge in [0.15, 0.2) is 5.90 Å². The van der Waals surface area contributed by atoms with Gasteiger partial charge in [-0.05, 0) is 12.8 Å². The maximum atomic E-state index is 7.95. The number of hydrogen-bond acceptors (Lipinski definition) is 3. The maximum Gasteiger partial charge on any atom is 0.180 e. The molecule has 0 aromatic rings. The van der Waals surface area contributed by atoms with Crippen molar-refractivity contribution in [2.24, 2.45) is 0 Å². The fourth-order valence-electron chi connectivity index (χ4n) is 0.695. The van der Waals surface area contributed by atoms with Gasteiger partial charge in [-0.2, -0.15) is 5.26 Å². The van der Waals surface area contributed by atoms with E-state index in [0.29, 0.717) is 5.90 Å². The van der Waals surface area contributed by atoms with Gasteiger partial charge in [-0.15, -0.1) is 12.4 Å². The van der Waals surface area contributed by atoms with Crippen LogP contribution in [-0.4, -0.2) is 13.0 Å². The maximum absolute atomic E-state index is 7.95. The Labute approximate surface area is 99.7 Å². The SMILES string of the molecule is CCCCC#N.CCCCC(=N)OC.Cl. The standard InChI is InChI=1S/C6H13NO.C5H9N.ClH/c1-3-4-5-6(7)8-2;1-2-3-4-5-6;/h7H,3-5H2,1-2H3;2-4H2,1H3;1H. The summed E-state index contributed by atoms with van der Waals surface area (Å²) in [6.45, 7) is 4.18. The normalized spacial score (nSPS) is 7.60. The van der Waals surface area contributed by atoms with Crippen LogP contribution in [0.25, 0.3) is 0 Å². The molecule has 15 heavy (non-hydrogen) atoms. The fraction of sp³-hybridized carbons (Fsp3) is 0.818. The van der Waals surface area contributed by atoms with Gasteiger partial charge in [-0.1, -0.05) is 26.7 Å². The quantitative estimate of drug-likeness (QED) is 0.445. The molecule has 0 unspecified atom stereocenters. The van der Waals surface area contributed by atoms with E-state index in [2.05, 4.69) is 24.7 Å². The third kappa shape index (κ3) is 24.6. The van der Waals surface area contributed by atoms with Crippen molar-refractivity contribution in [3.05, 3.63) is 0 Å². The second-order valence-electron chi connectivity index (χ2n) is 2.99. The molecule has 0 fully saturated rings. The predicted molar refractivity (Wildman–Crippen MR) is 66.6 cm³/mol. The summed E-state index contributed by atoms with van der Waals surface area (Å²) in [5.74, 6) is 0.395.